The molecule has 0 aromatic heterocycles. The summed E-state index contributed by atoms with van der Waals surface area (Å²) in [4.78, 5) is 24.6. The Kier molecular flexibility index (Phi) is 5.85. The van der Waals surface area contributed by atoms with Gasteiger partial charge in [0.1, 0.15) is 5.78 Å². The van der Waals surface area contributed by atoms with E-state index in [4.69, 9.17) is 0 Å². The number of amides is 1. The Morgan fingerprint density at radius 1 is 0.714 bits per heavy atom. The molecule has 0 saturated heterocycles. The topological polar surface area (TPSA) is 46.2 Å². The molecule has 0 rings (SSSR count). The van der Waals surface area contributed by atoms with E-state index < -0.39 is 5.41 Å². The molecule has 0 unspecified atom stereocenters. The van der Waals surface area contributed by atoms with E-state index in [1.807, 2.05) is 69.2 Å². The fourth-order valence-corrected chi connectivity index (χ4v) is 2.31. The first-order valence-electron chi connectivity index (χ1n) is 7.87. The van der Waals surface area contributed by atoms with Gasteiger partial charge in [-0.1, -0.05) is 55.4 Å². The Labute approximate surface area is 131 Å². The minimum Gasteiger partial charge on any atom is -0.351 e. The molecule has 0 aromatic rings. The van der Waals surface area contributed by atoms with Gasteiger partial charge < -0.3 is 5.32 Å². The van der Waals surface area contributed by atoms with Crippen molar-refractivity contribution < 1.29 is 9.59 Å². The molecule has 0 aromatic carbocycles. The van der Waals surface area contributed by atoms with Crippen LogP contribution in [-0.4, -0.2) is 17.2 Å². The molecule has 0 bridgehead atoms. The minimum atomic E-state index is -0.395. The number of Topliss-reactive ketones (excluding diaryl/α,β-unsaturated/α-hetero) is 1. The zero-order valence-electron chi connectivity index (χ0n) is 15.7. The number of ketones is 1. The van der Waals surface area contributed by atoms with Gasteiger partial charge in [-0.3, -0.25) is 9.59 Å². The van der Waals surface area contributed by atoms with Gasteiger partial charge >= 0.3 is 0 Å². The molecule has 124 valence electrons. The van der Waals surface area contributed by atoms with Gasteiger partial charge in [-0.2, -0.15) is 0 Å². The lowest BCUT2D eigenvalue weighted by molar-refractivity contribution is -0.135. The highest BCUT2D eigenvalue weighted by molar-refractivity contribution is 5.88. The monoisotopic (exact) mass is 297 g/mol. The normalized spacial score (nSPS) is 14.0. The lowest BCUT2D eigenvalue weighted by atomic mass is 9.71. The van der Waals surface area contributed by atoms with Crippen LogP contribution >= 0.6 is 0 Å². The van der Waals surface area contributed by atoms with Crippen LogP contribution < -0.4 is 5.32 Å². The quantitative estimate of drug-likeness (QED) is 0.820. The summed E-state index contributed by atoms with van der Waals surface area (Å²) >= 11 is 0. The molecule has 0 saturated carbocycles. The van der Waals surface area contributed by atoms with Crippen LogP contribution in [0.15, 0.2) is 0 Å². The highest BCUT2D eigenvalue weighted by atomic mass is 16.2. The Balaban J connectivity index is 4.77. The third-order valence-electron chi connectivity index (χ3n) is 3.80. The zero-order chi connectivity index (χ0) is 17.3. The Morgan fingerprint density at radius 2 is 1.14 bits per heavy atom. The van der Waals surface area contributed by atoms with Crippen LogP contribution in [0.3, 0.4) is 0 Å². The van der Waals surface area contributed by atoms with Crippen molar-refractivity contribution in [2.45, 2.75) is 87.6 Å². The van der Waals surface area contributed by atoms with Crippen molar-refractivity contribution >= 4 is 11.7 Å². The Morgan fingerprint density at radius 3 is 1.48 bits per heavy atom. The van der Waals surface area contributed by atoms with Crippen molar-refractivity contribution in [2.24, 2.45) is 16.2 Å². The Hall–Kier alpha value is -0.860. The van der Waals surface area contributed by atoms with Gasteiger partial charge in [0.2, 0.25) is 5.91 Å². The van der Waals surface area contributed by atoms with E-state index >= 15 is 0 Å². The second-order valence-electron chi connectivity index (χ2n) is 9.55. The van der Waals surface area contributed by atoms with Gasteiger partial charge in [-0.05, 0) is 26.7 Å². The maximum absolute atomic E-state index is 12.5. The molecule has 3 heteroatoms. The fraction of sp³-hybridized carbons (Fsp3) is 0.889. The van der Waals surface area contributed by atoms with E-state index in [2.05, 4.69) is 5.32 Å². The van der Waals surface area contributed by atoms with Crippen molar-refractivity contribution in [1.82, 2.24) is 5.32 Å². The molecule has 0 aliphatic rings. The molecule has 21 heavy (non-hydrogen) atoms. The van der Waals surface area contributed by atoms with Crippen molar-refractivity contribution in [3.63, 3.8) is 0 Å². The van der Waals surface area contributed by atoms with Crippen LogP contribution in [-0.2, 0) is 9.59 Å². The second kappa shape index (κ2) is 6.10. The molecule has 0 atom stereocenters. The largest absolute Gasteiger partial charge is 0.351 e. The summed E-state index contributed by atoms with van der Waals surface area (Å²) in [5.74, 6) is 0.320. The van der Waals surface area contributed by atoms with Gasteiger partial charge in [-0.15, -0.1) is 0 Å². The van der Waals surface area contributed by atoms with Gasteiger partial charge in [-0.25, -0.2) is 0 Å². The number of nitrogens with one attached hydrogen (secondary N) is 1. The maximum atomic E-state index is 12.5. The number of rotatable bonds is 5. The average molecular weight is 297 g/mol. The van der Waals surface area contributed by atoms with Gasteiger partial charge in [0, 0.05) is 21.8 Å². The first kappa shape index (κ1) is 20.1. The summed E-state index contributed by atoms with van der Waals surface area (Å²) in [7, 11) is 0. The van der Waals surface area contributed by atoms with E-state index in [-0.39, 0.29) is 28.1 Å². The lowest BCUT2D eigenvalue weighted by Gasteiger charge is -2.35. The van der Waals surface area contributed by atoms with E-state index in [1.165, 1.54) is 0 Å². The molecule has 0 radical (unpaired) electrons. The predicted octanol–water partition coefficient (Wildman–Crippen LogP) is 4.35. The molecular weight excluding hydrogens is 262 g/mol. The van der Waals surface area contributed by atoms with Crippen LogP contribution in [0.4, 0.5) is 0 Å². The SMILES string of the molecule is CC(C)(CCC(C)(C)C(=O)C(C)(C)C)NC(=O)C(C)(C)C. The first-order chi connectivity index (χ1) is 8.99. The molecule has 0 aliphatic heterocycles. The van der Waals surface area contributed by atoms with Gasteiger partial charge in [0.25, 0.3) is 0 Å². The third-order valence-corrected chi connectivity index (χ3v) is 3.80. The number of carbonyl (C=O) groups excluding carboxylic acids is 2. The zero-order valence-corrected chi connectivity index (χ0v) is 15.7. The van der Waals surface area contributed by atoms with E-state index in [0.29, 0.717) is 0 Å². The Bertz CT molecular complexity index is 392. The molecule has 0 fully saturated rings. The number of hydrogen-bond acceptors (Lipinski definition) is 2. The summed E-state index contributed by atoms with van der Waals surface area (Å²) in [5.41, 5.74) is -1.40. The highest BCUT2D eigenvalue weighted by Crippen LogP contribution is 2.34. The smallest absolute Gasteiger partial charge is 0.225 e. The van der Waals surface area contributed by atoms with Gasteiger partial charge in [0.05, 0.1) is 0 Å². The first-order valence-corrected chi connectivity index (χ1v) is 7.87. The van der Waals surface area contributed by atoms with Crippen LogP contribution in [0.25, 0.3) is 0 Å². The number of carbonyl (C=O) groups is 2. The molecule has 1 amide bonds. The fourth-order valence-electron chi connectivity index (χ4n) is 2.31. The molecule has 0 aliphatic carbocycles. The molecule has 3 nitrogen and oxygen atoms in total. The minimum absolute atomic E-state index is 0.0486. The molecular formula is C18H35NO2. The van der Waals surface area contributed by atoms with Crippen LogP contribution in [0.1, 0.15) is 82.1 Å². The average Bonchev–Trinajstić information content (AvgIpc) is 2.22. The predicted molar refractivity (Wildman–Crippen MR) is 89.2 cm³/mol. The summed E-state index contributed by atoms with van der Waals surface area (Å²) < 4.78 is 0. The third kappa shape index (κ3) is 6.62. The van der Waals surface area contributed by atoms with Crippen molar-refractivity contribution in [3.8, 4) is 0 Å². The van der Waals surface area contributed by atoms with Crippen molar-refractivity contribution in [2.75, 3.05) is 0 Å². The lowest BCUT2D eigenvalue weighted by Crippen LogP contribution is -2.49. The number of hydrogen-bond donors (Lipinski definition) is 1. The van der Waals surface area contributed by atoms with Crippen LogP contribution in [0.5, 0.6) is 0 Å². The second-order valence-corrected chi connectivity index (χ2v) is 9.55. The summed E-state index contributed by atoms with van der Waals surface area (Å²) in [6.07, 6.45) is 1.55. The van der Waals surface area contributed by atoms with E-state index in [1.54, 1.807) is 0 Å². The van der Waals surface area contributed by atoms with E-state index in [9.17, 15) is 9.59 Å². The van der Waals surface area contributed by atoms with E-state index in [0.717, 1.165) is 12.8 Å². The summed E-state index contributed by atoms with van der Waals surface area (Å²) in [6, 6.07) is 0. The van der Waals surface area contributed by atoms with Crippen molar-refractivity contribution in [3.05, 3.63) is 0 Å². The summed E-state index contributed by atoms with van der Waals surface area (Å²) in [6.45, 7) is 19.7. The molecule has 0 heterocycles. The van der Waals surface area contributed by atoms with Crippen LogP contribution in [0.2, 0.25) is 0 Å². The molecule has 1 N–H and O–H groups in total. The maximum Gasteiger partial charge on any atom is 0.225 e. The summed E-state index contributed by atoms with van der Waals surface area (Å²) in [5, 5.41) is 3.10. The van der Waals surface area contributed by atoms with Crippen LogP contribution in [0, 0.1) is 16.2 Å². The standard InChI is InChI=1S/C18H35NO2/c1-15(2,3)13(20)17(7,8)11-12-18(9,10)19-14(21)16(4,5)6/h11-12H2,1-10H3,(H,19,21). The highest BCUT2D eigenvalue weighted by Gasteiger charge is 2.37. The molecule has 0 spiro atoms. The van der Waals surface area contributed by atoms with Gasteiger partial charge in [0.15, 0.2) is 0 Å². The van der Waals surface area contributed by atoms with Crippen molar-refractivity contribution in [1.29, 1.82) is 0 Å².